The first kappa shape index (κ1) is 20.7. The number of carboxylic acids is 2. The molecule has 2 rings (SSSR count). The van der Waals surface area contributed by atoms with Crippen LogP contribution in [0.4, 0.5) is 5.69 Å². The van der Waals surface area contributed by atoms with Crippen molar-refractivity contribution in [3.05, 3.63) is 46.5 Å². The molecule has 1 heterocycles. The highest BCUT2D eigenvalue weighted by Crippen LogP contribution is 2.32. The van der Waals surface area contributed by atoms with Gasteiger partial charge in [0, 0.05) is 31.1 Å². The van der Waals surface area contributed by atoms with Gasteiger partial charge >= 0.3 is 17.6 Å². The van der Waals surface area contributed by atoms with Gasteiger partial charge in [0.1, 0.15) is 0 Å². The van der Waals surface area contributed by atoms with E-state index in [0.29, 0.717) is 25.0 Å². The van der Waals surface area contributed by atoms with Gasteiger partial charge in [-0.25, -0.2) is 9.59 Å². The van der Waals surface area contributed by atoms with Gasteiger partial charge in [0.15, 0.2) is 11.4 Å². The summed E-state index contributed by atoms with van der Waals surface area (Å²) in [5.41, 5.74) is -0.789. The molecule has 1 fully saturated rings. The van der Waals surface area contributed by atoms with E-state index in [1.54, 1.807) is 18.2 Å². The minimum absolute atomic E-state index is 0.0503. The Kier molecular flexibility index (Phi) is 7.79. The van der Waals surface area contributed by atoms with Gasteiger partial charge in [-0.15, -0.1) is 6.42 Å². The minimum Gasteiger partial charge on any atom is -0.478 e. The van der Waals surface area contributed by atoms with Crippen LogP contribution in [0.15, 0.2) is 36.4 Å². The summed E-state index contributed by atoms with van der Waals surface area (Å²) < 4.78 is 5.77. The van der Waals surface area contributed by atoms with Gasteiger partial charge in [0.2, 0.25) is 0 Å². The van der Waals surface area contributed by atoms with Crippen molar-refractivity contribution in [3.63, 3.8) is 0 Å². The number of terminal acetylenes is 1. The highest BCUT2D eigenvalue weighted by Gasteiger charge is 2.34. The maximum atomic E-state index is 10.9. The zero-order valence-electron chi connectivity index (χ0n) is 13.8. The fourth-order valence-corrected chi connectivity index (χ4v) is 2.15. The van der Waals surface area contributed by atoms with Crippen molar-refractivity contribution in [3.8, 4) is 18.1 Å². The van der Waals surface area contributed by atoms with Gasteiger partial charge in [0.25, 0.3) is 0 Å². The van der Waals surface area contributed by atoms with Crippen molar-refractivity contribution < 1.29 is 29.5 Å². The molecule has 0 unspecified atom stereocenters. The Morgan fingerprint density at radius 2 is 1.77 bits per heavy atom. The Morgan fingerprint density at radius 1 is 1.23 bits per heavy atom. The second-order valence-electron chi connectivity index (χ2n) is 5.23. The minimum atomic E-state index is -1.26. The average molecular weight is 362 g/mol. The zero-order chi connectivity index (χ0) is 19.6. The Morgan fingerprint density at radius 3 is 2.23 bits per heavy atom. The number of nitro groups is 1. The summed E-state index contributed by atoms with van der Waals surface area (Å²) in [4.78, 5) is 29.6. The molecule has 1 aromatic rings. The molecule has 26 heavy (non-hydrogen) atoms. The summed E-state index contributed by atoms with van der Waals surface area (Å²) in [6, 6.07) is 6.31. The lowest BCUT2D eigenvalue weighted by atomic mass is 9.93. The first-order valence-corrected chi connectivity index (χ1v) is 7.54. The van der Waals surface area contributed by atoms with E-state index in [4.69, 9.17) is 21.4 Å². The van der Waals surface area contributed by atoms with Crippen LogP contribution < -0.4 is 10.1 Å². The molecule has 138 valence electrons. The first-order chi connectivity index (χ1) is 12.3. The summed E-state index contributed by atoms with van der Waals surface area (Å²) in [5, 5.41) is 29.7. The van der Waals surface area contributed by atoms with Crippen molar-refractivity contribution in [2.45, 2.75) is 18.4 Å². The molecule has 3 N–H and O–H groups in total. The third-order valence-electron chi connectivity index (χ3n) is 3.41. The molecule has 0 aromatic heterocycles. The molecule has 9 nitrogen and oxygen atoms in total. The van der Waals surface area contributed by atoms with Crippen LogP contribution >= 0.6 is 0 Å². The molecule has 0 aliphatic carbocycles. The molecule has 0 amide bonds. The number of carbonyl (C=O) groups is 2. The van der Waals surface area contributed by atoms with Crippen molar-refractivity contribution in [1.82, 2.24) is 5.32 Å². The van der Waals surface area contributed by atoms with Gasteiger partial charge in [-0.05, 0) is 19.2 Å². The normalized spacial score (nSPS) is 15.2. The fraction of sp³-hybridized carbons (Fsp3) is 0.294. The molecule has 0 bridgehead atoms. The van der Waals surface area contributed by atoms with E-state index in [9.17, 15) is 19.7 Å². The molecule has 0 atom stereocenters. The zero-order valence-corrected chi connectivity index (χ0v) is 13.8. The van der Waals surface area contributed by atoms with Crippen LogP contribution in [0.2, 0.25) is 0 Å². The summed E-state index contributed by atoms with van der Waals surface area (Å²) in [6.07, 6.45) is 7.95. The lowest BCUT2D eigenvalue weighted by Gasteiger charge is -2.33. The predicted octanol–water partition coefficient (Wildman–Crippen LogP) is 1.44. The van der Waals surface area contributed by atoms with Gasteiger partial charge < -0.3 is 20.3 Å². The van der Waals surface area contributed by atoms with Crippen molar-refractivity contribution in [1.29, 1.82) is 0 Å². The third-order valence-corrected chi connectivity index (χ3v) is 3.41. The second-order valence-corrected chi connectivity index (χ2v) is 5.23. The van der Waals surface area contributed by atoms with Crippen LogP contribution in [-0.2, 0) is 9.59 Å². The molecule has 1 aliphatic rings. The number of nitro benzene ring substituents is 1. The fourth-order valence-electron chi connectivity index (χ4n) is 2.15. The summed E-state index contributed by atoms with van der Waals surface area (Å²) >= 11 is 0. The number of aliphatic carboxylic acids is 2. The van der Waals surface area contributed by atoms with Crippen LogP contribution in [0.25, 0.3) is 0 Å². The van der Waals surface area contributed by atoms with E-state index >= 15 is 0 Å². The highest BCUT2D eigenvalue weighted by molar-refractivity contribution is 5.89. The molecule has 0 saturated carbocycles. The molecule has 0 spiro atoms. The van der Waals surface area contributed by atoms with E-state index in [2.05, 4.69) is 11.2 Å². The molecular formula is C17H18N2O7. The molecule has 1 saturated heterocycles. The molecule has 9 heteroatoms. The topological polar surface area (TPSA) is 139 Å². The Hall–Kier alpha value is -3.38. The maximum Gasteiger partial charge on any atom is 0.328 e. The van der Waals surface area contributed by atoms with Crippen molar-refractivity contribution >= 4 is 17.6 Å². The Bertz CT molecular complexity index is 715. The van der Waals surface area contributed by atoms with Gasteiger partial charge in [0.05, 0.1) is 4.92 Å². The maximum absolute atomic E-state index is 10.9. The number of hydrogen-bond donors (Lipinski definition) is 3. The molecular weight excluding hydrogens is 344 g/mol. The van der Waals surface area contributed by atoms with Crippen molar-refractivity contribution in [2.24, 2.45) is 0 Å². The van der Waals surface area contributed by atoms with Crippen LogP contribution in [-0.4, -0.2) is 45.8 Å². The first-order valence-electron chi connectivity index (χ1n) is 7.54. The number of hydrogen-bond acceptors (Lipinski definition) is 6. The average Bonchev–Trinajstić information content (AvgIpc) is 2.61. The number of rotatable bonds is 5. The Labute approximate surface area is 149 Å². The van der Waals surface area contributed by atoms with Gasteiger partial charge in [-0.2, -0.15) is 0 Å². The summed E-state index contributed by atoms with van der Waals surface area (Å²) in [5.74, 6) is 0.371. The molecule has 1 aliphatic heterocycles. The number of nitrogens with one attached hydrogen (secondary N) is 1. The Balaban J connectivity index is 0.000000359. The number of benzene rings is 1. The number of para-hydroxylation sites is 2. The highest BCUT2D eigenvalue weighted by atomic mass is 16.6. The van der Waals surface area contributed by atoms with Crippen molar-refractivity contribution in [2.75, 3.05) is 13.1 Å². The quantitative estimate of drug-likeness (QED) is 0.309. The number of piperidine rings is 1. The standard InChI is InChI=1S/C13H14N2O3.C4H4O4/c1-2-13(7-9-14-10-8-13)18-12-6-4-3-5-11(12)15(16)17;5-3(6)1-2-4(7)8/h1,3-6,14H,7-10H2;1-2H,(H,5,6)(H,7,8). The van der Waals surface area contributed by atoms with Crippen LogP contribution in [0.3, 0.4) is 0 Å². The smallest absolute Gasteiger partial charge is 0.328 e. The predicted molar refractivity (Wildman–Crippen MR) is 91.8 cm³/mol. The van der Waals surface area contributed by atoms with Crippen LogP contribution in [0.1, 0.15) is 12.8 Å². The lowest BCUT2D eigenvalue weighted by molar-refractivity contribution is -0.386. The van der Waals surface area contributed by atoms with Gasteiger partial charge in [-0.3, -0.25) is 10.1 Å². The number of nitrogens with zero attached hydrogens (tertiary/aromatic N) is 1. The van der Waals surface area contributed by atoms with E-state index in [1.807, 2.05) is 0 Å². The van der Waals surface area contributed by atoms with E-state index in [1.165, 1.54) is 6.07 Å². The van der Waals surface area contributed by atoms with E-state index in [0.717, 1.165) is 13.1 Å². The molecule has 0 radical (unpaired) electrons. The monoisotopic (exact) mass is 362 g/mol. The lowest BCUT2D eigenvalue weighted by Crippen LogP contribution is -2.45. The van der Waals surface area contributed by atoms with Crippen LogP contribution in [0.5, 0.6) is 5.75 Å². The summed E-state index contributed by atoms with van der Waals surface area (Å²) in [7, 11) is 0. The second kappa shape index (κ2) is 9.80. The third kappa shape index (κ3) is 6.62. The van der Waals surface area contributed by atoms with Gasteiger partial charge in [-0.1, -0.05) is 18.1 Å². The molecule has 1 aromatic carbocycles. The number of carboxylic acid groups (broad SMARTS) is 2. The van der Waals surface area contributed by atoms with E-state index < -0.39 is 22.5 Å². The SMILES string of the molecule is C#CC1(Oc2ccccc2[N+](=O)[O-])CCNCC1.O=C(O)C=CC(=O)O. The van der Waals surface area contributed by atoms with E-state index in [-0.39, 0.29) is 11.4 Å². The largest absolute Gasteiger partial charge is 0.478 e. The summed E-state index contributed by atoms with van der Waals surface area (Å²) in [6.45, 7) is 1.51. The number of ether oxygens (including phenoxy) is 1. The van der Waals surface area contributed by atoms with Crippen LogP contribution in [0, 0.1) is 22.5 Å².